The van der Waals surface area contributed by atoms with Crippen LogP contribution in [-0.4, -0.2) is 131 Å². The normalized spacial score (nSPS) is 32.5. The standard InChI is InChI=1S/C27H30O17/c28-6-14-17(33)20(36)22(38)26(42-14)41-12-2-1-8(3-10(12)31)24-25(19(35)16-11(32)4-9(30)5-13(16)40-24)44-27-23(39)21(37)18(34)15(7-29)43-27/h1-5,14-15,17-18,20-23,26-34,36-39H,6-7H2/t14-,15-,17-,18-,20-,21-,22-,23-,26-,27-/m0/s1. The van der Waals surface area contributed by atoms with Gasteiger partial charge in [0.2, 0.25) is 23.8 Å². The summed E-state index contributed by atoms with van der Waals surface area (Å²) >= 11 is 0. The van der Waals surface area contributed by atoms with Crippen molar-refractivity contribution in [1.82, 2.24) is 0 Å². The average molecular weight is 627 g/mol. The number of hydrogen-bond donors (Lipinski definition) is 11. The van der Waals surface area contributed by atoms with Gasteiger partial charge in [-0.2, -0.15) is 0 Å². The molecule has 1 aromatic heterocycles. The molecule has 2 fully saturated rings. The summed E-state index contributed by atoms with van der Waals surface area (Å²) in [6, 6.07) is 5.23. The van der Waals surface area contributed by atoms with Gasteiger partial charge in [0.05, 0.1) is 13.2 Å². The summed E-state index contributed by atoms with van der Waals surface area (Å²) in [5.41, 5.74) is -1.47. The monoisotopic (exact) mass is 626 g/mol. The van der Waals surface area contributed by atoms with Crippen LogP contribution in [0.15, 0.2) is 39.5 Å². The number of aromatic hydroxyl groups is 3. The van der Waals surface area contributed by atoms with Crippen LogP contribution in [0.1, 0.15) is 0 Å². The summed E-state index contributed by atoms with van der Waals surface area (Å²) in [6.07, 6.45) is -16.9. The molecule has 11 N–H and O–H groups in total. The third-order valence-electron chi connectivity index (χ3n) is 7.31. The number of aliphatic hydroxyl groups excluding tert-OH is 8. The highest BCUT2D eigenvalue weighted by atomic mass is 16.7. The van der Waals surface area contributed by atoms with Gasteiger partial charge in [0.15, 0.2) is 17.3 Å². The van der Waals surface area contributed by atoms with Crippen molar-refractivity contribution in [3.63, 3.8) is 0 Å². The molecular formula is C27H30O17. The molecule has 2 saturated heterocycles. The molecular weight excluding hydrogens is 596 g/mol. The Hall–Kier alpha value is -3.75. The first-order chi connectivity index (χ1) is 20.9. The predicted molar refractivity (Wildman–Crippen MR) is 142 cm³/mol. The van der Waals surface area contributed by atoms with Crippen molar-refractivity contribution >= 4 is 11.0 Å². The lowest BCUT2D eigenvalue weighted by Gasteiger charge is -2.39. The van der Waals surface area contributed by atoms with Crippen LogP contribution in [0, 0.1) is 0 Å². The molecule has 0 amide bonds. The minimum atomic E-state index is -1.94. The SMILES string of the molecule is O=c1c(O[C@@H]2O[C@@H](CO)[C@H](O)[C@H](O)[C@@H]2O)c(-c2ccc(O[C@H]3O[C@@H](CO)[C@H](O)[C@H](O)[C@@H]3O)c(O)c2)oc2cc(O)cc(O)c12. The molecule has 44 heavy (non-hydrogen) atoms. The maximum Gasteiger partial charge on any atom is 0.239 e. The summed E-state index contributed by atoms with van der Waals surface area (Å²) in [7, 11) is 0. The molecule has 2 aliphatic heterocycles. The highest BCUT2D eigenvalue weighted by Crippen LogP contribution is 2.40. The van der Waals surface area contributed by atoms with E-state index in [0.29, 0.717) is 0 Å². The highest BCUT2D eigenvalue weighted by Gasteiger charge is 2.46. The fourth-order valence-electron chi connectivity index (χ4n) is 4.89. The average Bonchev–Trinajstić information content (AvgIpc) is 2.99. The van der Waals surface area contributed by atoms with Crippen LogP contribution in [0.2, 0.25) is 0 Å². The van der Waals surface area contributed by atoms with Gasteiger partial charge >= 0.3 is 0 Å². The van der Waals surface area contributed by atoms with Crippen molar-refractivity contribution < 1.29 is 79.5 Å². The maximum absolute atomic E-state index is 13.6. The molecule has 0 saturated carbocycles. The van der Waals surface area contributed by atoms with Gasteiger partial charge in [-0.25, -0.2) is 0 Å². The smallest absolute Gasteiger partial charge is 0.239 e. The number of rotatable bonds is 7. The summed E-state index contributed by atoms with van der Waals surface area (Å²) in [5, 5.41) is 110. The molecule has 5 rings (SSSR count). The first-order valence-corrected chi connectivity index (χ1v) is 13.2. The Kier molecular flexibility index (Phi) is 8.87. The second-order valence-corrected chi connectivity index (χ2v) is 10.2. The summed E-state index contributed by atoms with van der Waals surface area (Å²) in [4.78, 5) is 13.6. The minimum Gasteiger partial charge on any atom is -0.508 e. The number of phenols is 3. The van der Waals surface area contributed by atoms with Gasteiger partial charge in [0.1, 0.15) is 71.3 Å². The van der Waals surface area contributed by atoms with Crippen molar-refractivity contribution in [3.05, 3.63) is 40.6 Å². The lowest BCUT2D eigenvalue weighted by atomic mass is 9.99. The summed E-state index contributed by atoms with van der Waals surface area (Å²) < 4.78 is 27.4. The van der Waals surface area contributed by atoms with Crippen LogP contribution in [-0.2, 0) is 9.47 Å². The van der Waals surface area contributed by atoms with E-state index in [4.69, 9.17) is 23.4 Å². The largest absolute Gasteiger partial charge is 0.508 e. The van der Waals surface area contributed by atoms with Gasteiger partial charge in [0, 0.05) is 17.7 Å². The van der Waals surface area contributed by atoms with Crippen LogP contribution in [0.5, 0.6) is 28.7 Å². The van der Waals surface area contributed by atoms with Crippen molar-refractivity contribution in [2.75, 3.05) is 13.2 Å². The van der Waals surface area contributed by atoms with E-state index in [1.165, 1.54) is 6.07 Å². The third kappa shape index (κ3) is 5.61. The zero-order chi connectivity index (χ0) is 32.0. The quantitative estimate of drug-likeness (QED) is 0.124. The Balaban J connectivity index is 1.55. The molecule has 240 valence electrons. The Bertz CT molecular complexity index is 1550. The molecule has 0 bridgehead atoms. The van der Waals surface area contributed by atoms with Crippen molar-refractivity contribution in [2.45, 2.75) is 61.4 Å². The number of fused-ring (bicyclic) bond motifs is 1. The van der Waals surface area contributed by atoms with Gasteiger partial charge in [-0.1, -0.05) is 0 Å². The van der Waals surface area contributed by atoms with Crippen molar-refractivity contribution in [3.8, 4) is 40.1 Å². The van der Waals surface area contributed by atoms with E-state index in [-0.39, 0.29) is 16.9 Å². The van der Waals surface area contributed by atoms with E-state index in [2.05, 4.69) is 0 Å². The van der Waals surface area contributed by atoms with Gasteiger partial charge in [-0.05, 0) is 18.2 Å². The second-order valence-electron chi connectivity index (χ2n) is 10.2. The van der Waals surface area contributed by atoms with Crippen LogP contribution in [0.3, 0.4) is 0 Å². The van der Waals surface area contributed by atoms with Crippen molar-refractivity contribution in [2.24, 2.45) is 0 Å². The van der Waals surface area contributed by atoms with E-state index in [1.54, 1.807) is 0 Å². The van der Waals surface area contributed by atoms with Crippen molar-refractivity contribution in [1.29, 1.82) is 0 Å². The highest BCUT2D eigenvalue weighted by molar-refractivity contribution is 5.88. The molecule has 10 atom stereocenters. The fraction of sp³-hybridized carbons (Fsp3) is 0.444. The molecule has 0 unspecified atom stereocenters. The Labute approximate surface area is 246 Å². The molecule has 17 heteroatoms. The number of hydrogen-bond acceptors (Lipinski definition) is 17. The van der Waals surface area contributed by atoms with E-state index in [0.717, 1.165) is 24.3 Å². The minimum absolute atomic E-state index is 0.0925. The summed E-state index contributed by atoms with van der Waals surface area (Å²) in [5.74, 6) is -3.31. The summed E-state index contributed by atoms with van der Waals surface area (Å²) in [6.45, 7) is -1.52. The van der Waals surface area contributed by atoms with Gasteiger partial charge in [0.25, 0.3) is 0 Å². The molecule has 3 aromatic rings. The number of phenolic OH excluding ortho intramolecular Hbond substituents is 3. The molecule has 3 heterocycles. The zero-order valence-corrected chi connectivity index (χ0v) is 22.4. The Morgan fingerprint density at radius 2 is 1.25 bits per heavy atom. The van der Waals surface area contributed by atoms with Crippen LogP contribution in [0.25, 0.3) is 22.3 Å². The number of aliphatic hydroxyl groups is 8. The molecule has 2 aromatic carbocycles. The van der Waals surface area contributed by atoms with E-state index >= 15 is 0 Å². The van der Waals surface area contributed by atoms with Gasteiger partial charge in [-0.15, -0.1) is 0 Å². The second kappa shape index (κ2) is 12.3. The number of benzene rings is 2. The molecule has 2 aliphatic rings. The van der Waals surface area contributed by atoms with E-state index < -0.39 is 114 Å². The van der Waals surface area contributed by atoms with E-state index in [1.807, 2.05) is 0 Å². The first-order valence-electron chi connectivity index (χ1n) is 13.2. The molecule has 0 spiro atoms. The lowest BCUT2D eigenvalue weighted by molar-refractivity contribution is -0.277. The third-order valence-corrected chi connectivity index (χ3v) is 7.31. The fourth-order valence-corrected chi connectivity index (χ4v) is 4.89. The zero-order valence-electron chi connectivity index (χ0n) is 22.4. The molecule has 17 nitrogen and oxygen atoms in total. The molecule has 0 radical (unpaired) electrons. The Morgan fingerprint density at radius 1 is 0.682 bits per heavy atom. The van der Waals surface area contributed by atoms with E-state index in [9.17, 15) is 61.0 Å². The van der Waals surface area contributed by atoms with Gasteiger partial charge < -0.3 is 79.5 Å². The van der Waals surface area contributed by atoms with Crippen LogP contribution in [0.4, 0.5) is 0 Å². The van der Waals surface area contributed by atoms with Gasteiger partial charge in [-0.3, -0.25) is 4.79 Å². The first kappa shape index (κ1) is 31.7. The topological polar surface area (TPSA) is 290 Å². The number of ether oxygens (including phenoxy) is 4. The van der Waals surface area contributed by atoms with Crippen LogP contribution < -0.4 is 14.9 Å². The maximum atomic E-state index is 13.6. The Morgan fingerprint density at radius 3 is 1.80 bits per heavy atom. The van der Waals surface area contributed by atoms with Crippen LogP contribution >= 0.6 is 0 Å². The molecule has 0 aliphatic carbocycles. The predicted octanol–water partition coefficient (Wildman–Crippen LogP) is -3.07. The lowest BCUT2D eigenvalue weighted by Crippen LogP contribution is -2.60.